The van der Waals surface area contributed by atoms with Gasteiger partial charge in [-0.3, -0.25) is 9.80 Å². The summed E-state index contributed by atoms with van der Waals surface area (Å²) in [6.45, 7) is 5.86. The fourth-order valence-electron chi connectivity index (χ4n) is 3.10. The molecule has 0 N–H and O–H groups in total. The Hall–Kier alpha value is -0.280. The van der Waals surface area contributed by atoms with Gasteiger partial charge in [0, 0.05) is 32.2 Å². The van der Waals surface area contributed by atoms with E-state index in [1.54, 1.807) is 0 Å². The van der Waals surface area contributed by atoms with Crippen LogP contribution < -0.4 is 0 Å². The summed E-state index contributed by atoms with van der Waals surface area (Å²) in [6.07, 6.45) is 2.73. The summed E-state index contributed by atoms with van der Waals surface area (Å²) >= 11 is 12.0. The van der Waals surface area contributed by atoms with Crippen molar-refractivity contribution < 1.29 is 0 Å². The highest BCUT2D eigenvalue weighted by Gasteiger charge is 2.30. The Morgan fingerprint density at radius 2 is 2.00 bits per heavy atom. The van der Waals surface area contributed by atoms with E-state index >= 15 is 0 Å². The van der Waals surface area contributed by atoms with Gasteiger partial charge in [-0.1, -0.05) is 29.3 Å². The van der Waals surface area contributed by atoms with Crippen LogP contribution in [-0.4, -0.2) is 42.0 Å². The zero-order chi connectivity index (χ0) is 12.5. The lowest BCUT2D eigenvalue weighted by Gasteiger charge is -2.37. The molecule has 0 aliphatic carbocycles. The fourth-order valence-corrected chi connectivity index (χ4v) is 3.42. The van der Waals surface area contributed by atoms with Crippen LogP contribution in [0.5, 0.6) is 0 Å². The van der Waals surface area contributed by atoms with Crippen molar-refractivity contribution in [3.8, 4) is 0 Å². The van der Waals surface area contributed by atoms with E-state index in [2.05, 4.69) is 15.9 Å². The average molecular weight is 285 g/mol. The highest BCUT2D eigenvalue weighted by molar-refractivity contribution is 6.42. The third-order valence-electron chi connectivity index (χ3n) is 4.06. The molecule has 1 atom stereocenters. The smallest absolute Gasteiger partial charge is 0.0595 e. The van der Waals surface area contributed by atoms with Crippen LogP contribution in [0.25, 0.3) is 0 Å². The molecule has 1 unspecified atom stereocenters. The monoisotopic (exact) mass is 284 g/mol. The van der Waals surface area contributed by atoms with E-state index in [0.29, 0.717) is 10.0 Å². The summed E-state index contributed by atoms with van der Waals surface area (Å²) in [4.78, 5) is 5.16. The highest BCUT2D eigenvalue weighted by Crippen LogP contribution is 2.25. The van der Waals surface area contributed by atoms with Crippen LogP contribution in [0, 0.1) is 0 Å². The van der Waals surface area contributed by atoms with Crippen LogP contribution in [0.3, 0.4) is 0 Å². The quantitative estimate of drug-likeness (QED) is 0.823. The minimum absolute atomic E-state index is 0.640. The van der Waals surface area contributed by atoms with Crippen molar-refractivity contribution in [2.45, 2.75) is 25.4 Å². The van der Waals surface area contributed by atoms with Crippen LogP contribution >= 0.6 is 23.2 Å². The summed E-state index contributed by atoms with van der Waals surface area (Å²) in [7, 11) is 0. The molecule has 0 amide bonds. The van der Waals surface area contributed by atoms with Crippen molar-refractivity contribution in [3.63, 3.8) is 0 Å². The molecule has 1 aromatic rings. The van der Waals surface area contributed by atoms with E-state index < -0.39 is 0 Å². The van der Waals surface area contributed by atoms with Crippen LogP contribution in [0.2, 0.25) is 10.0 Å². The SMILES string of the molecule is Clc1ccc(CN2CCN3CCCC3C2)cc1Cl. The minimum Gasteiger partial charge on any atom is -0.298 e. The molecule has 0 spiro atoms. The van der Waals surface area contributed by atoms with Gasteiger partial charge in [0.15, 0.2) is 0 Å². The largest absolute Gasteiger partial charge is 0.298 e. The van der Waals surface area contributed by atoms with Gasteiger partial charge in [0.25, 0.3) is 0 Å². The highest BCUT2D eigenvalue weighted by atomic mass is 35.5. The Morgan fingerprint density at radius 3 is 2.83 bits per heavy atom. The molecular weight excluding hydrogens is 267 g/mol. The minimum atomic E-state index is 0.640. The van der Waals surface area contributed by atoms with Gasteiger partial charge in [-0.25, -0.2) is 0 Å². The maximum Gasteiger partial charge on any atom is 0.0595 e. The standard InChI is InChI=1S/C14H18Cl2N2/c15-13-4-3-11(8-14(13)16)9-17-6-7-18-5-1-2-12(18)10-17/h3-4,8,12H,1-2,5-7,9-10H2. The lowest BCUT2D eigenvalue weighted by atomic mass is 10.1. The van der Waals surface area contributed by atoms with E-state index in [9.17, 15) is 0 Å². The number of rotatable bonds is 2. The maximum absolute atomic E-state index is 6.06. The second kappa shape index (κ2) is 5.38. The van der Waals surface area contributed by atoms with Crippen molar-refractivity contribution in [3.05, 3.63) is 33.8 Å². The van der Waals surface area contributed by atoms with Crippen LogP contribution in [0.1, 0.15) is 18.4 Å². The Kier molecular flexibility index (Phi) is 3.81. The Labute approximate surface area is 118 Å². The van der Waals surface area contributed by atoms with Crippen molar-refractivity contribution in [2.24, 2.45) is 0 Å². The predicted molar refractivity (Wildman–Crippen MR) is 76.3 cm³/mol. The molecule has 2 saturated heterocycles. The van der Waals surface area contributed by atoms with Gasteiger partial charge < -0.3 is 0 Å². The Bertz CT molecular complexity index is 436. The molecule has 2 fully saturated rings. The van der Waals surface area contributed by atoms with Gasteiger partial charge in [0.1, 0.15) is 0 Å². The lowest BCUT2D eigenvalue weighted by Crippen LogP contribution is -2.49. The maximum atomic E-state index is 6.06. The zero-order valence-corrected chi connectivity index (χ0v) is 11.9. The van der Waals surface area contributed by atoms with Gasteiger partial charge in [-0.15, -0.1) is 0 Å². The molecule has 4 heteroatoms. The van der Waals surface area contributed by atoms with Crippen molar-refractivity contribution in [2.75, 3.05) is 26.2 Å². The number of fused-ring (bicyclic) bond motifs is 1. The van der Waals surface area contributed by atoms with E-state index in [1.807, 2.05) is 12.1 Å². The van der Waals surface area contributed by atoms with Gasteiger partial charge in [-0.2, -0.15) is 0 Å². The van der Waals surface area contributed by atoms with Crippen molar-refractivity contribution in [1.29, 1.82) is 0 Å². The molecule has 0 bridgehead atoms. The van der Waals surface area contributed by atoms with Gasteiger partial charge in [-0.05, 0) is 37.1 Å². The molecular formula is C14H18Cl2N2. The third-order valence-corrected chi connectivity index (χ3v) is 4.80. The first-order valence-electron chi connectivity index (χ1n) is 6.63. The number of piperazine rings is 1. The summed E-state index contributed by atoms with van der Waals surface area (Å²) in [5.74, 6) is 0. The zero-order valence-electron chi connectivity index (χ0n) is 10.4. The van der Waals surface area contributed by atoms with E-state index in [4.69, 9.17) is 23.2 Å². The Balaban J connectivity index is 1.64. The molecule has 1 aromatic carbocycles. The third kappa shape index (κ3) is 2.67. The van der Waals surface area contributed by atoms with Crippen LogP contribution in [0.15, 0.2) is 18.2 Å². The van der Waals surface area contributed by atoms with Crippen LogP contribution in [0.4, 0.5) is 0 Å². The summed E-state index contributed by atoms with van der Waals surface area (Å²) in [5.41, 5.74) is 1.26. The number of hydrogen-bond donors (Lipinski definition) is 0. The topological polar surface area (TPSA) is 6.48 Å². The number of hydrogen-bond acceptors (Lipinski definition) is 2. The average Bonchev–Trinajstić information content (AvgIpc) is 2.81. The van der Waals surface area contributed by atoms with Crippen molar-refractivity contribution >= 4 is 23.2 Å². The second-order valence-electron chi connectivity index (χ2n) is 5.32. The number of nitrogens with zero attached hydrogens (tertiary/aromatic N) is 2. The molecule has 3 rings (SSSR count). The molecule has 98 valence electrons. The van der Waals surface area contributed by atoms with E-state index in [0.717, 1.165) is 19.1 Å². The molecule has 0 aromatic heterocycles. The first kappa shape index (κ1) is 12.7. The Morgan fingerprint density at radius 1 is 1.11 bits per heavy atom. The molecule has 2 aliphatic heterocycles. The fraction of sp³-hybridized carbons (Fsp3) is 0.571. The van der Waals surface area contributed by atoms with Crippen LogP contribution in [-0.2, 0) is 6.54 Å². The van der Waals surface area contributed by atoms with Crippen molar-refractivity contribution in [1.82, 2.24) is 9.80 Å². The predicted octanol–water partition coefficient (Wildman–Crippen LogP) is 3.27. The molecule has 2 aliphatic rings. The van der Waals surface area contributed by atoms with Gasteiger partial charge in [0.05, 0.1) is 10.0 Å². The molecule has 2 heterocycles. The number of halogens is 2. The normalized spacial score (nSPS) is 25.3. The summed E-state index contributed by atoms with van der Waals surface area (Å²) < 4.78 is 0. The summed E-state index contributed by atoms with van der Waals surface area (Å²) in [5, 5.41) is 1.30. The molecule has 18 heavy (non-hydrogen) atoms. The first-order chi connectivity index (χ1) is 8.72. The number of benzene rings is 1. The van der Waals surface area contributed by atoms with E-state index in [1.165, 1.54) is 38.0 Å². The molecule has 0 saturated carbocycles. The second-order valence-corrected chi connectivity index (χ2v) is 6.13. The lowest BCUT2D eigenvalue weighted by molar-refractivity contribution is 0.0994. The van der Waals surface area contributed by atoms with Gasteiger partial charge in [0.2, 0.25) is 0 Å². The molecule has 2 nitrogen and oxygen atoms in total. The van der Waals surface area contributed by atoms with E-state index in [-0.39, 0.29) is 0 Å². The first-order valence-corrected chi connectivity index (χ1v) is 7.38. The summed E-state index contributed by atoms with van der Waals surface area (Å²) in [6, 6.07) is 6.74. The molecule has 0 radical (unpaired) electrons. The van der Waals surface area contributed by atoms with Gasteiger partial charge >= 0.3 is 0 Å².